The van der Waals surface area contributed by atoms with Crippen molar-refractivity contribution in [2.75, 3.05) is 0 Å². The summed E-state index contributed by atoms with van der Waals surface area (Å²) in [6, 6.07) is 23.6. The van der Waals surface area contributed by atoms with Crippen molar-refractivity contribution in [3.63, 3.8) is 0 Å². The minimum Gasteiger partial charge on any atom is -0.457 e. The lowest BCUT2D eigenvalue weighted by Crippen LogP contribution is -2.41. The van der Waals surface area contributed by atoms with Gasteiger partial charge in [-0.15, -0.1) is 0 Å². The molecule has 0 aliphatic carbocycles. The van der Waals surface area contributed by atoms with Gasteiger partial charge in [-0.3, -0.25) is 0 Å². The van der Waals surface area contributed by atoms with Crippen molar-refractivity contribution in [1.82, 2.24) is 5.32 Å². The Balaban J connectivity index is 1.53. The average molecular weight is 434 g/mol. The van der Waals surface area contributed by atoms with Gasteiger partial charge in [0.2, 0.25) is 0 Å². The number of nitrogens with one attached hydrogen (secondary N) is 1. The lowest BCUT2D eigenvalue weighted by molar-refractivity contribution is -0.109. The molecule has 0 saturated heterocycles. The Morgan fingerprint density at radius 2 is 1.28 bits per heavy atom. The van der Waals surface area contributed by atoms with Gasteiger partial charge in [-0.1, -0.05) is 30.3 Å². The predicted octanol–water partition coefficient (Wildman–Crippen LogP) is 5.91. The van der Waals surface area contributed by atoms with Crippen LogP contribution in [0, 0.1) is 0 Å². The van der Waals surface area contributed by atoms with E-state index in [1.54, 1.807) is 20.8 Å². The molecule has 1 amide bonds. The van der Waals surface area contributed by atoms with Crippen molar-refractivity contribution in [2.45, 2.75) is 38.8 Å². The average Bonchev–Trinajstić information content (AvgIpc) is 2.75. The first-order chi connectivity index (χ1) is 15.3. The van der Waals surface area contributed by atoms with Crippen LogP contribution in [0.25, 0.3) is 0 Å². The molecule has 3 aromatic carbocycles. The molecule has 166 valence electrons. The van der Waals surface area contributed by atoms with E-state index in [2.05, 4.69) is 5.32 Å². The van der Waals surface area contributed by atoms with Gasteiger partial charge in [0.1, 0.15) is 34.9 Å². The maximum atomic E-state index is 11.9. The van der Waals surface area contributed by atoms with Gasteiger partial charge < -0.3 is 24.3 Å². The molecule has 0 heterocycles. The first kappa shape index (κ1) is 22.9. The summed E-state index contributed by atoms with van der Waals surface area (Å²) in [6.45, 7) is 5.31. The molecule has 0 aliphatic rings. The number of carbonyl (C=O) groups is 2. The van der Waals surface area contributed by atoms with E-state index in [9.17, 15) is 9.59 Å². The second-order valence-corrected chi connectivity index (χ2v) is 8.23. The Kier molecular flexibility index (Phi) is 7.49. The molecular weight excluding hydrogens is 406 g/mol. The summed E-state index contributed by atoms with van der Waals surface area (Å²) in [7, 11) is 0. The zero-order valence-electron chi connectivity index (χ0n) is 18.4. The van der Waals surface area contributed by atoms with Crippen LogP contribution >= 0.6 is 0 Å². The molecular formula is C26H27NO5. The topological polar surface area (TPSA) is 73.9 Å². The summed E-state index contributed by atoms with van der Waals surface area (Å²) in [6.07, 6.45) is 0.441. The van der Waals surface area contributed by atoms with Gasteiger partial charge in [0.05, 0.1) is 6.04 Å². The Morgan fingerprint density at radius 3 is 1.75 bits per heavy atom. The van der Waals surface area contributed by atoms with Gasteiger partial charge in [0.15, 0.2) is 0 Å². The fraction of sp³-hybridized carbons (Fsp3) is 0.231. The number of carbonyl (C=O) groups excluding carboxylic acids is 2. The van der Waals surface area contributed by atoms with Crippen LogP contribution in [0.4, 0.5) is 4.79 Å². The smallest absolute Gasteiger partial charge is 0.408 e. The molecule has 6 nitrogen and oxygen atoms in total. The summed E-state index contributed by atoms with van der Waals surface area (Å²) in [5.41, 5.74) is 0.264. The molecule has 0 saturated carbocycles. The number of benzene rings is 3. The van der Waals surface area contributed by atoms with E-state index < -0.39 is 17.7 Å². The van der Waals surface area contributed by atoms with E-state index in [0.717, 1.165) is 17.1 Å². The van der Waals surface area contributed by atoms with Crippen molar-refractivity contribution >= 4 is 12.4 Å². The summed E-state index contributed by atoms with van der Waals surface area (Å²) in [4.78, 5) is 23.2. The largest absolute Gasteiger partial charge is 0.457 e. The molecule has 0 aliphatic heterocycles. The molecule has 32 heavy (non-hydrogen) atoms. The third kappa shape index (κ3) is 7.47. The van der Waals surface area contributed by atoms with E-state index in [1.807, 2.05) is 78.9 Å². The van der Waals surface area contributed by atoms with E-state index in [0.29, 0.717) is 24.2 Å². The van der Waals surface area contributed by atoms with Gasteiger partial charge in [0.25, 0.3) is 0 Å². The van der Waals surface area contributed by atoms with E-state index in [-0.39, 0.29) is 0 Å². The van der Waals surface area contributed by atoms with E-state index in [4.69, 9.17) is 14.2 Å². The van der Waals surface area contributed by atoms with Crippen LogP contribution in [0.3, 0.4) is 0 Å². The highest BCUT2D eigenvalue weighted by atomic mass is 16.6. The maximum Gasteiger partial charge on any atom is 0.408 e. The second-order valence-electron chi connectivity index (χ2n) is 8.23. The molecule has 3 rings (SSSR count). The molecule has 0 spiro atoms. The Morgan fingerprint density at radius 1 is 0.812 bits per heavy atom. The number of hydrogen-bond donors (Lipinski definition) is 1. The molecule has 0 unspecified atom stereocenters. The number of rotatable bonds is 8. The minimum absolute atomic E-state index is 0.356. The quantitative estimate of drug-likeness (QED) is 0.447. The van der Waals surface area contributed by atoms with Gasteiger partial charge >= 0.3 is 6.09 Å². The van der Waals surface area contributed by atoms with Gasteiger partial charge in [0, 0.05) is 0 Å². The number of hydrogen-bond acceptors (Lipinski definition) is 5. The van der Waals surface area contributed by atoms with E-state index in [1.165, 1.54) is 0 Å². The molecule has 6 heteroatoms. The standard InChI is InChI=1S/C26H27NO5/c1-26(2,3)32-25(29)27-20(18-28)17-19-9-11-22(12-10-19)31-24-15-13-23(14-16-24)30-21-7-5-4-6-8-21/h4-16,18,20H,17H2,1-3H3,(H,27,29)/t20-/m0/s1. The molecule has 3 aromatic rings. The van der Waals surface area contributed by atoms with Crippen molar-refractivity contribution < 1.29 is 23.8 Å². The maximum absolute atomic E-state index is 11.9. The lowest BCUT2D eigenvalue weighted by Gasteiger charge is -2.21. The molecule has 0 aromatic heterocycles. The molecule has 0 radical (unpaired) electrons. The highest BCUT2D eigenvalue weighted by molar-refractivity contribution is 5.73. The third-order valence-electron chi connectivity index (χ3n) is 4.28. The van der Waals surface area contributed by atoms with Crippen molar-refractivity contribution in [3.8, 4) is 23.0 Å². The van der Waals surface area contributed by atoms with Gasteiger partial charge in [-0.05, 0) is 81.3 Å². The van der Waals surface area contributed by atoms with Crippen molar-refractivity contribution in [3.05, 3.63) is 84.4 Å². The zero-order chi connectivity index (χ0) is 23.0. The van der Waals surface area contributed by atoms with Gasteiger partial charge in [-0.2, -0.15) is 0 Å². The van der Waals surface area contributed by atoms with Crippen LogP contribution in [0.1, 0.15) is 26.3 Å². The van der Waals surface area contributed by atoms with Gasteiger partial charge in [-0.25, -0.2) is 4.79 Å². The van der Waals surface area contributed by atoms with Crippen LogP contribution in [0.15, 0.2) is 78.9 Å². The third-order valence-corrected chi connectivity index (χ3v) is 4.28. The van der Waals surface area contributed by atoms with Crippen LogP contribution < -0.4 is 14.8 Å². The monoisotopic (exact) mass is 433 g/mol. The predicted molar refractivity (Wildman–Crippen MR) is 122 cm³/mol. The summed E-state index contributed by atoms with van der Waals surface area (Å²) >= 11 is 0. The van der Waals surface area contributed by atoms with Crippen LogP contribution in [0.5, 0.6) is 23.0 Å². The zero-order valence-corrected chi connectivity index (χ0v) is 18.4. The first-order valence-electron chi connectivity index (χ1n) is 10.4. The number of aldehydes is 1. The molecule has 0 fully saturated rings. The molecule has 0 bridgehead atoms. The SMILES string of the molecule is CC(C)(C)OC(=O)N[C@H](C=O)Cc1ccc(Oc2ccc(Oc3ccccc3)cc2)cc1. The molecule has 1 N–H and O–H groups in total. The summed E-state index contributed by atoms with van der Waals surface area (Å²) < 4.78 is 16.8. The van der Waals surface area contributed by atoms with Crippen molar-refractivity contribution in [2.24, 2.45) is 0 Å². The Bertz CT molecular complexity index is 1010. The summed E-state index contributed by atoms with van der Waals surface area (Å²) in [5.74, 6) is 2.83. The van der Waals surface area contributed by atoms with Crippen LogP contribution in [-0.2, 0) is 16.0 Å². The number of ether oxygens (including phenoxy) is 3. The number of para-hydroxylation sites is 1. The normalized spacial score (nSPS) is 11.8. The first-order valence-corrected chi connectivity index (χ1v) is 10.4. The summed E-state index contributed by atoms with van der Waals surface area (Å²) in [5, 5.41) is 2.58. The van der Waals surface area contributed by atoms with Crippen LogP contribution in [0.2, 0.25) is 0 Å². The number of amides is 1. The minimum atomic E-state index is -0.672. The highest BCUT2D eigenvalue weighted by Crippen LogP contribution is 2.27. The van der Waals surface area contributed by atoms with Crippen LogP contribution in [-0.4, -0.2) is 24.0 Å². The highest BCUT2D eigenvalue weighted by Gasteiger charge is 2.19. The van der Waals surface area contributed by atoms with E-state index >= 15 is 0 Å². The fourth-order valence-corrected chi connectivity index (χ4v) is 2.88. The Hall–Kier alpha value is -3.80. The Labute approximate surface area is 188 Å². The molecule has 1 atom stereocenters. The lowest BCUT2D eigenvalue weighted by atomic mass is 10.1. The fourth-order valence-electron chi connectivity index (χ4n) is 2.88. The second kappa shape index (κ2) is 10.5. The number of alkyl carbamates (subject to hydrolysis) is 1. The van der Waals surface area contributed by atoms with Crippen molar-refractivity contribution in [1.29, 1.82) is 0 Å².